The van der Waals surface area contributed by atoms with E-state index in [1.54, 1.807) is 24.3 Å². The van der Waals surface area contributed by atoms with E-state index in [2.05, 4.69) is 10.6 Å². The molecule has 0 saturated heterocycles. The van der Waals surface area contributed by atoms with E-state index in [0.717, 1.165) is 5.56 Å². The normalized spacial score (nSPS) is 12.0. The number of nitrogens with one attached hydrogen (secondary N) is 2. The van der Waals surface area contributed by atoms with Gasteiger partial charge >= 0.3 is 5.97 Å². The predicted octanol–water partition coefficient (Wildman–Crippen LogP) is 4.19. The van der Waals surface area contributed by atoms with Gasteiger partial charge < -0.3 is 29.6 Å². The van der Waals surface area contributed by atoms with Crippen molar-refractivity contribution >= 4 is 23.5 Å². The van der Waals surface area contributed by atoms with Gasteiger partial charge in [-0.05, 0) is 48.7 Å². The molecule has 0 saturated carbocycles. The molecule has 0 aromatic heterocycles. The van der Waals surface area contributed by atoms with Crippen LogP contribution in [0.1, 0.15) is 35.7 Å². The van der Waals surface area contributed by atoms with Crippen LogP contribution in [0, 0.1) is 0 Å². The SMILES string of the molecule is COc1ccccc1NC(=O)COc1ccc(C(=O)O[C@H](C)C(=O)NC[C@@H](C)c2ccccc2)cc1OC. The summed E-state index contributed by atoms with van der Waals surface area (Å²) in [6.07, 6.45) is -0.994. The highest BCUT2D eigenvalue weighted by Gasteiger charge is 2.21. The smallest absolute Gasteiger partial charge is 0.339 e. The average molecular weight is 521 g/mol. The van der Waals surface area contributed by atoms with Crippen LogP contribution >= 0.6 is 0 Å². The van der Waals surface area contributed by atoms with Gasteiger partial charge in [0, 0.05) is 6.54 Å². The Hall–Kier alpha value is -4.53. The third-order valence-corrected chi connectivity index (χ3v) is 5.74. The molecule has 0 aliphatic carbocycles. The molecule has 2 atom stereocenters. The number of carbonyl (C=O) groups excluding carboxylic acids is 3. The molecule has 3 rings (SSSR count). The third-order valence-electron chi connectivity index (χ3n) is 5.74. The van der Waals surface area contributed by atoms with Gasteiger partial charge in [0.05, 0.1) is 25.5 Å². The number of ether oxygens (including phenoxy) is 4. The van der Waals surface area contributed by atoms with Crippen LogP contribution in [0.5, 0.6) is 17.2 Å². The second-order valence-corrected chi connectivity index (χ2v) is 8.51. The average Bonchev–Trinajstić information content (AvgIpc) is 2.95. The van der Waals surface area contributed by atoms with E-state index < -0.39 is 23.9 Å². The molecule has 2 amide bonds. The fraction of sp³-hybridized carbons (Fsp3) is 0.276. The molecule has 9 heteroatoms. The van der Waals surface area contributed by atoms with Gasteiger partial charge in [-0.2, -0.15) is 0 Å². The third kappa shape index (κ3) is 7.73. The number of anilines is 1. The van der Waals surface area contributed by atoms with Crippen molar-refractivity contribution in [3.05, 3.63) is 83.9 Å². The lowest BCUT2D eigenvalue weighted by atomic mass is 10.0. The van der Waals surface area contributed by atoms with Crippen LogP contribution in [0.25, 0.3) is 0 Å². The van der Waals surface area contributed by atoms with Crippen molar-refractivity contribution in [2.45, 2.75) is 25.9 Å². The molecule has 9 nitrogen and oxygen atoms in total. The van der Waals surface area contributed by atoms with Crippen LogP contribution in [0.2, 0.25) is 0 Å². The quantitative estimate of drug-likeness (QED) is 0.345. The van der Waals surface area contributed by atoms with E-state index >= 15 is 0 Å². The zero-order chi connectivity index (χ0) is 27.5. The van der Waals surface area contributed by atoms with Crippen molar-refractivity contribution in [2.24, 2.45) is 0 Å². The first-order valence-corrected chi connectivity index (χ1v) is 12.1. The number of hydrogen-bond donors (Lipinski definition) is 2. The summed E-state index contributed by atoms with van der Waals surface area (Å²) in [7, 11) is 2.93. The number of carbonyl (C=O) groups is 3. The van der Waals surface area contributed by atoms with Crippen LogP contribution < -0.4 is 24.8 Å². The number of amides is 2. The first kappa shape index (κ1) is 28.0. The highest BCUT2D eigenvalue weighted by atomic mass is 16.5. The summed E-state index contributed by atoms with van der Waals surface area (Å²) in [5, 5.41) is 5.53. The molecule has 3 aromatic carbocycles. The monoisotopic (exact) mass is 520 g/mol. The van der Waals surface area contributed by atoms with E-state index in [4.69, 9.17) is 18.9 Å². The van der Waals surface area contributed by atoms with E-state index in [1.807, 2.05) is 37.3 Å². The van der Waals surface area contributed by atoms with Crippen LogP contribution in [-0.2, 0) is 14.3 Å². The first-order valence-electron chi connectivity index (χ1n) is 12.1. The highest BCUT2D eigenvalue weighted by Crippen LogP contribution is 2.29. The van der Waals surface area contributed by atoms with Crippen molar-refractivity contribution in [2.75, 3.05) is 32.7 Å². The number of esters is 1. The van der Waals surface area contributed by atoms with Gasteiger partial charge in [-0.25, -0.2) is 4.79 Å². The number of rotatable bonds is 12. The maximum atomic E-state index is 12.7. The van der Waals surface area contributed by atoms with Crippen LogP contribution in [-0.4, -0.2) is 51.3 Å². The van der Waals surface area contributed by atoms with Crippen LogP contribution in [0.15, 0.2) is 72.8 Å². The molecule has 0 aliphatic heterocycles. The summed E-state index contributed by atoms with van der Waals surface area (Å²) in [6.45, 7) is 3.63. The van der Waals surface area contributed by atoms with Gasteiger partial charge in [0.2, 0.25) is 0 Å². The molecule has 0 heterocycles. The van der Waals surface area contributed by atoms with Gasteiger partial charge in [-0.15, -0.1) is 0 Å². The predicted molar refractivity (Wildman–Crippen MR) is 143 cm³/mol. The molecule has 0 bridgehead atoms. The van der Waals surface area contributed by atoms with E-state index in [-0.39, 0.29) is 29.6 Å². The van der Waals surface area contributed by atoms with Crippen molar-refractivity contribution in [3.8, 4) is 17.2 Å². The summed E-state index contributed by atoms with van der Waals surface area (Å²) in [5.41, 5.74) is 1.79. The molecular formula is C29H32N2O7. The maximum Gasteiger partial charge on any atom is 0.339 e. The molecule has 2 N–H and O–H groups in total. The Bertz CT molecular complexity index is 1250. The minimum Gasteiger partial charge on any atom is -0.495 e. The van der Waals surface area contributed by atoms with E-state index in [0.29, 0.717) is 18.0 Å². The van der Waals surface area contributed by atoms with Gasteiger partial charge in [-0.3, -0.25) is 9.59 Å². The van der Waals surface area contributed by atoms with Crippen molar-refractivity contribution in [1.29, 1.82) is 0 Å². The lowest BCUT2D eigenvalue weighted by molar-refractivity contribution is -0.129. The Morgan fingerprint density at radius 3 is 2.21 bits per heavy atom. The summed E-state index contributed by atoms with van der Waals surface area (Å²) in [5.74, 6) is -0.358. The molecule has 0 radical (unpaired) electrons. The Morgan fingerprint density at radius 2 is 1.50 bits per heavy atom. The summed E-state index contributed by atoms with van der Waals surface area (Å²) >= 11 is 0. The Labute approximate surface area is 222 Å². The molecule has 0 spiro atoms. The molecule has 38 heavy (non-hydrogen) atoms. The van der Waals surface area contributed by atoms with Gasteiger partial charge in [0.15, 0.2) is 24.2 Å². The highest BCUT2D eigenvalue weighted by molar-refractivity contribution is 5.94. The zero-order valence-electron chi connectivity index (χ0n) is 21.9. The Kier molecular flexibility index (Phi) is 10.1. The van der Waals surface area contributed by atoms with Gasteiger partial charge in [0.1, 0.15) is 5.75 Å². The first-order chi connectivity index (χ1) is 18.3. The number of benzene rings is 3. The summed E-state index contributed by atoms with van der Waals surface area (Å²) in [4.78, 5) is 37.5. The summed E-state index contributed by atoms with van der Waals surface area (Å²) < 4.78 is 21.5. The molecular weight excluding hydrogens is 488 g/mol. The maximum absolute atomic E-state index is 12.7. The van der Waals surface area contributed by atoms with Crippen LogP contribution in [0.4, 0.5) is 5.69 Å². The largest absolute Gasteiger partial charge is 0.495 e. The molecule has 0 unspecified atom stereocenters. The van der Waals surface area contributed by atoms with Crippen LogP contribution in [0.3, 0.4) is 0 Å². The lowest BCUT2D eigenvalue weighted by Crippen LogP contribution is -2.37. The molecule has 3 aromatic rings. The number of hydrogen-bond acceptors (Lipinski definition) is 7. The molecule has 0 aliphatic rings. The topological polar surface area (TPSA) is 112 Å². The Morgan fingerprint density at radius 1 is 0.816 bits per heavy atom. The lowest BCUT2D eigenvalue weighted by Gasteiger charge is -2.17. The van der Waals surface area contributed by atoms with Crippen molar-refractivity contribution in [3.63, 3.8) is 0 Å². The second kappa shape index (κ2) is 13.7. The fourth-order valence-electron chi connectivity index (χ4n) is 3.57. The standard InChI is InChI=1S/C29H32N2O7/c1-19(21-10-6-5-7-11-21)17-30-28(33)20(2)38-29(34)22-14-15-25(26(16-22)36-4)37-18-27(32)31-23-12-8-9-13-24(23)35-3/h5-16,19-20H,17-18H2,1-4H3,(H,30,33)(H,31,32)/t19-,20-/m1/s1. The number of methoxy groups -OCH3 is 2. The fourth-order valence-corrected chi connectivity index (χ4v) is 3.57. The number of para-hydroxylation sites is 2. The van der Waals surface area contributed by atoms with Gasteiger partial charge in [0.25, 0.3) is 11.8 Å². The van der Waals surface area contributed by atoms with E-state index in [9.17, 15) is 14.4 Å². The zero-order valence-corrected chi connectivity index (χ0v) is 21.9. The minimum absolute atomic E-state index is 0.108. The Balaban J connectivity index is 1.53. The van der Waals surface area contributed by atoms with E-state index in [1.165, 1.54) is 39.3 Å². The molecule has 0 fully saturated rings. The minimum atomic E-state index is -0.994. The van der Waals surface area contributed by atoms with Gasteiger partial charge in [-0.1, -0.05) is 49.4 Å². The van der Waals surface area contributed by atoms with Crippen molar-refractivity contribution < 1.29 is 33.3 Å². The van der Waals surface area contributed by atoms with Crippen molar-refractivity contribution in [1.82, 2.24) is 5.32 Å². The summed E-state index contributed by atoms with van der Waals surface area (Å²) in [6, 6.07) is 21.2. The molecule has 200 valence electrons. The second-order valence-electron chi connectivity index (χ2n) is 8.51.